The number of ether oxygens (including phenoxy) is 2. The van der Waals surface area contributed by atoms with Crippen molar-refractivity contribution in [2.24, 2.45) is 5.41 Å². The molecule has 1 aromatic rings. The summed E-state index contributed by atoms with van der Waals surface area (Å²) in [6.45, 7) is 11.3. The molecule has 0 radical (unpaired) electrons. The zero-order chi connectivity index (χ0) is 15.3. The number of benzene rings is 1. The highest BCUT2D eigenvalue weighted by Gasteiger charge is 2.39. The predicted octanol–water partition coefficient (Wildman–Crippen LogP) is 4.16. The molecule has 2 nitrogen and oxygen atoms in total. The van der Waals surface area contributed by atoms with Gasteiger partial charge in [-0.1, -0.05) is 35.6 Å². The fourth-order valence-electron chi connectivity index (χ4n) is 2.50. The lowest BCUT2D eigenvalue weighted by Crippen LogP contribution is -2.46. The summed E-state index contributed by atoms with van der Waals surface area (Å²) in [5, 5.41) is 0. The van der Waals surface area contributed by atoms with E-state index in [1.807, 2.05) is 51.1 Å². The first-order valence-electron chi connectivity index (χ1n) is 7.37. The summed E-state index contributed by atoms with van der Waals surface area (Å²) in [6.07, 6.45) is 1.64. The van der Waals surface area contributed by atoms with Gasteiger partial charge in [-0.15, -0.1) is 6.58 Å². The smallest absolute Gasteiger partial charge is 0.162 e. The largest absolute Gasteiger partial charge is 0.350 e. The van der Waals surface area contributed by atoms with Gasteiger partial charge in [0.25, 0.3) is 0 Å². The topological polar surface area (TPSA) is 18.5 Å². The first-order chi connectivity index (χ1) is 9.91. The Morgan fingerprint density at radius 3 is 2.38 bits per heavy atom. The van der Waals surface area contributed by atoms with Crippen molar-refractivity contribution in [3.8, 4) is 11.8 Å². The van der Waals surface area contributed by atoms with E-state index in [2.05, 4.69) is 18.4 Å². The lowest BCUT2D eigenvalue weighted by molar-refractivity contribution is -0.284. The van der Waals surface area contributed by atoms with Crippen molar-refractivity contribution in [3.05, 3.63) is 48.0 Å². The molecule has 0 bridgehead atoms. The van der Waals surface area contributed by atoms with Gasteiger partial charge in [0, 0.05) is 17.4 Å². The van der Waals surface area contributed by atoms with Crippen LogP contribution < -0.4 is 0 Å². The second kappa shape index (κ2) is 6.47. The molecule has 0 unspecified atom stereocenters. The third-order valence-corrected chi connectivity index (χ3v) is 3.60. The molecular weight excluding hydrogens is 260 g/mol. The van der Waals surface area contributed by atoms with E-state index in [1.165, 1.54) is 0 Å². The number of rotatable bonds is 3. The first-order valence-corrected chi connectivity index (χ1v) is 7.37. The summed E-state index contributed by atoms with van der Waals surface area (Å²) in [7, 11) is 0. The number of allylic oxidation sites excluding steroid dienone is 1. The zero-order valence-corrected chi connectivity index (χ0v) is 13.2. The van der Waals surface area contributed by atoms with Crippen molar-refractivity contribution in [2.45, 2.75) is 39.4 Å². The Labute approximate surface area is 128 Å². The van der Waals surface area contributed by atoms with Crippen LogP contribution in [0.3, 0.4) is 0 Å². The summed E-state index contributed by atoms with van der Waals surface area (Å²) in [6, 6.07) is 10.1. The Bertz CT molecular complexity index is 536. The van der Waals surface area contributed by atoms with Gasteiger partial charge in [0.2, 0.25) is 0 Å². The fraction of sp³-hybridized carbons (Fsp3) is 0.474. The average Bonchev–Trinajstić information content (AvgIpc) is 2.43. The second-order valence-electron chi connectivity index (χ2n) is 6.46. The van der Waals surface area contributed by atoms with Crippen LogP contribution in [0.1, 0.15) is 39.2 Å². The number of hydrogen-bond donors (Lipinski definition) is 0. The number of hydrogen-bond acceptors (Lipinski definition) is 2. The summed E-state index contributed by atoms with van der Waals surface area (Å²) < 4.78 is 11.7. The molecule has 0 N–H and O–H groups in total. The maximum absolute atomic E-state index is 5.85. The van der Waals surface area contributed by atoms with E-state index in [4.69, 9.17) is 9.47 Å². The first kappa shape index (κ1) is 15.8. The van der Waals surface area contributed by atoms with E-state index >= 15 is 0 Å². The van der Waals surface area contributed by atoms with Crippen LogP contribution in [-0.4, -0.2) is 19.0 Å². The molecule has 21 heavy (non-hydrogen) atoms. The van der Waals surface area contributed by atoms with Crippen molar-refractivity contribution >= 4 is 0 Å². The molecule has 1 aliphatic heterocycles. The van der Waals surface area contributed by atoms with Gasteiger partial charge in [0.1, 0.15) is 0 Å². The van der Waals surface area contributed by atoms with Gasteiger partial charge in [-0.3, -0.25) is 0 Å². The second-order valence-corrected chi connectivity index (χ2v) is 6.46. The molecule has 0 atom stereocenters. The lowest BCUT2D eigenvalue weighted by atomic mass is 9.79. The molecule has 1 heterocycles. The maximum Gasteiger partial charge on any atom is 0.162 e. The van der Waals surface area contributed by atoms with E-state index < -0.39 is 5.79 Å². The minimum Gasteiger partial charge on any atom is -0.350 e. The van der Waals surface area contributed by atoms with E-state index in [9.17, 15) is 0 Å². The monoisotopic (exact) mass is 284 g/mol. The van der Waals surface area contributed by atoms with Gasteiger partial charge < -0.3 is 9.47 Å². The molecule has 1 aliphatic rings. The highest BCUT2D eigenvalue weighted by molar-refractivity contribution is 5.33. The molecule has 0 aliphatic carbocycles. The van der Waals surface area contributed by atoms with Gasteiger partial charge in [0.15, 0.2) is 5.79 Å². The van der Waals surface area contributed by atoms with E-state index in [0.29, 0.717) is 13.2 Å². The molecular formula is C19H24O2. The highest BCUT2D eigenvalue weighted by Crippen LogP contribution is 2.37. The fourth-order valence-corrected chi connectivity index (χ4v) is 2.50. The standard InChI is InChI=1S/C19H24O2/c1-16(2)13-19(14-20-18(3,4)21-15-19)12-8-11-17-9-6-5-7-10-17/h5-7,9-10H,1,12-15H2,2-4H3. The van der Waals surface area contributed by atoms with E-state index in [-0.39, 0.29) is 5.41 Å². The Morgan fingerprint density at radius 1 is 1.19 bits per heavy atom. The van der Waals surface area contributed by atoms with Crippen LogP contribution in [0.25, 0.3) is 0 Å². The van der Waals surface area contributed by atoms with Crippen LogP contribution in [0.4, 0.5) is 0 Å². The third kappa shape index (κ3) is 4.74. The molecule has 2 rings (SSSR count). The summed E-state index contributed by atoms with van der Waals surface area (Å²) in [5.74, 6) is 6.02. The van der Waals surface area contributed by atoms with Crippen LogP contribution in [0.5, 0.6) is 0 Å². The summed E-state index contributed by atoms with van der Waals surface area (Å²) >= 11 is 0. The van der Waals surface area contributed by atoms with Crippen LogP contribution in [0.2, 0.25) is 0 Å². The minimum absolute atomic E-state index is 0.0802. The molecule has 112 valence electrons. The van der Waals surface area contributed by atoms with Crippen molar-refractivity contribution < 1.29 is 9.47 Å². The zero-order valence-electron chi connectivity index (χ0n) is 13.2. The SMILES string of the molecule is C=C(C)CC1(CC#Cc2ccccc2)COC(C)(C)OC1. The Balaban J connectivity index is 2.08. The molecule has 1 saturated heterocycles. The Kier molecular flexibility index (Phi) is 4.88. The Morgan fingerprint density at radius 2 is 1.81 bits per heavy atom. The van der Waals surface area contributed by atoms with Gasteiger partial charge in [-0.25, -0.2) is 0 Å². The minimum atomic E-state index is -0.495. The third-order valence-electron chi connectivity index (χ3n) is 3.60. The molecule has 1 aromatic carbocycles. The van der Waals surface area contributed by atoms with Gasteiger partial charge >= 0.3 is 0 Å². The quantitative estimate of drug-likeness (QED) is 0.613. The highest BCUT2D eigenvalue weighted by atomic mass is 16.7. The molecule has 0 aromatic heterocycles. The van der Waals surface area contributed by atoms with Crippen molar-refractivity contribution in [1.29, 1.82) is 0 Å². The van der Waals surface area contributed by atoms with E-state index in [1.54, 1.807) is 0 Å². The summed E-state index contributed by atoms with van der Waals surface area (Å²) in [5.41, 5.74) is 2.10. The lowest BCUT2D eigenvalue weighted by Gasteiger charge is -2.43. The maximum atomic E-state index is 5.85. The summed E-state index contributed by atoms with van der Waals surface area (Å²) in [4.78, 5) is 0. The van der Waals surface area contributed by atoms with Crippen molar-refractivity contribution in [1.82, 2.24) is 0 Å². The van der Waals surface area contributed by atoms with Gasteiger partial charge in [0.05, 0.1) is 13.2 Å². The molecule has 0 amide bonds. The van der Waals surface area contributed by atoms with E-state index in [0.717, 1.165) is 24.0 Å². The van der Waals surface area contributed by atoms with Crippen LogP contribution in [0.15, 0.2) is 42.5 Å². The molecule has 0 spiro atoms. The Hall–Kier alpha value is -1.56. The molecule has 1 fully saturated rings. The van der Waals surface area contributed by atoms with Gasteiger partial charge in [-0.2, -0.15) is 0 Å². The van der Waals surface area contributed by atoms with Crippen molar-refractivity contribution in [2.75, 3.05) is 13.2 Å². The van der Waals surface area contributed by atoms with Crippen LogP contribution in [0, 0.1) is 17.3 Å². The molecule has 0 saturated carbocycles. The molecule has 2 heteroatoms. The average molecular weight is 284 g/mol. The van der Waals surface area contributed by atoms with Crippen LogP contribution in [-0.2, 0) is 9.47 Å². The normalized spacial score (nSPS) is 19.4. The predicted molar refractivity (Wildman–Crippen MR) is 85.8 cm³/mol. The van der Waals surface area contributed by atoms with Crippen LogP contribution >= 0.6 is 0 Å². The van der Waals surface area contributed by atoms with Gasteiger partial charge in [-0.05, 0) is 39.3 Å². The van der Waals surface area contributed by atoms with Crippen molar-refractivity contribution in [3.63, 3.8) is 0 Å².